The lowest BCUT2D eigenvalue weighted by Gasteiger charge is -2.09. The maximum Gasteiger partial charge on any atom is 0.243 e. The molecule has 1 heterocycles. The third-order valence-corrected chi connectivity index (χ3v) is 2.15. The van der Waals surface area contributed by atoms with Gasteiger partial charge in [-0.25, -0.2) is 0 Å². The van der Waals surface area contributed by atoms with Crippen molar-refractivity contribution in [1.29, 1.82) is 0 Å². The number of anilines is 1. The highest BCUT2D eigenvalue weighted by molar-refractivity contribution is 9.10. The summed E-state index contributed by atoms with van der Waals surface area (Å²) in [4.78, 5) is 12.7. The molecular weight excluding hydrogens is 236 g/mol. The van der Waals surface area contributed by atoms with Crippen molar-refractivity contribution in [2.24, 2.45) is 0 Å². The third-order valence-electron chi connectivity index (χ3n) is 1.54. The van der Waals surface area contributed by atoms with Gasteiger partial charge in [-0.15, -0.1) is 0 Å². The van der Waals surface area contributed by atoms with E-state index in [1.165, 1.54) is 9.58 Å². The summed E-state index contributed by atoms with van der Waals surface area (Å²) >= 11 is 3.21. The molecule has 0 aliphatic rings. The number of aromatic nitrogens is 2. The van der Waals surface area contributed by atoms with Gasteiger partial charge in [0.2, 0.25) is 5.91 Å². The molecule has 0 unspecified atom stereocenters. The fourth-order valence-corrected chi connectivity index (χ4v) is 1.09. The Labute approximate surface area is 84.6 Å². The average molecular weight is 247 g/mol. The molecule has 5 nitrogen and oxygen atoms in total. The Morgan fingerprint density at radius 3 is 2.77 bits per heavy atom. The number of carbonyl (C=O) groups excluding carboxylic acids is 1. The predicted molar refractivity (Wildman–Crippen MR) is 53.0 cm³/mol. The first kappa shape index (κ1) is 10.0. The summed E-state index contributed by atoms with van der Waals surface area (Å²) in [7, 11) is 3.40. The molecule has 13 heavy (non-hydrogen) atoms. The molecule has 1 aromatic rings. The van der Waals surface area contributed by atoms with Crippen LogP contribution in [-0.4, -0.2) is 34.7 Å². The normalized spacial score (nSPS) is 10.1. The first-order valence-electron chi connectivity index (χ1n) is 3.69. The Kier molecular flexibility index (Phi) is 2.92. The van der Waals surface area contributed by atoms with Crippen molar-refractivity contribution >= 4 is 27.7 Å². The van der Waals surface area contributed by atoms with Gasteiger partial charge in [0.1, 0.15) is 6.54 Å². The minimum absolute atomic E-state index is 0.0185. The van der Waals surface area contributed by atoms with Crippen LogP contribution < -0.4 is 5.73 Å². The summed E-state index contributed by atoms with van der Waals surface area (Å²) in [6, 6.07) is 0. The molecule has 0 aliphatic heterocycles. The zero-order chi connectivity index (χ0) is 10.0. The van der Waals surface area contributed by atoms with Gasteiger partial charge < -0.3 is 10.6 Å². The molecule has 0 saturated carbocycles. The molecule has 0 bridgehead atoms. The highest BCUT2D eigenvalue weighted by Gasteiger charge is 2.07. The van der Waals surface area contributed by atoms with Crippen LogP contribution in [0.25, 0.3) is 0 Å². The summed E-state index contributed by atoms with van der Waals surface area (Å²) in [6.45, 7) is 0.211. The third kappa shape index (κ3) is 2.45. The molecule has 0 atom stereocenters. The summed E-state index contributed by atoms with van der Waals surface area (Å²) in [5.41, 5.74) is 5.49. The molecule has 0 spiro atoms. The fraction of sp³-hybridized carbons (Fsp3) is 0.429. The van der Waals surface area contributed by atoms with Crippen LogP contribution >= 0.6 is 15.9 Å². The van der Waals surface area contributed by atoms with Crippen LogP contribution in [-0.2, 0) is 11.3 Å². The number of nitrogens with two attached hydrogens (primary N) is 1. The molecule has 72 valence electrons. The molecule has 0 fully saturated rings. The first-order chi connectivity index (χ1) is 6.00. The van der Waals surface area contributed by atoms with Crippen molar-refractivity contribution in [3.63, 3.8) is 0 Å². The zero-order valence-corrected chi connectivity index (χ0v) is 9.08. The minimum atomic E-state index is -0.0185. The van der Waals surface area contributed by atoms with Gasteiger partial charge in [-0.05, 0) is 15.9 Å². The maximum absolute atomic E-state index is 11.2. The molecule has 1 amide bonds. The number of hydrogen-bond acceptors (Lipinski definition) is 3. The largest absolute Gasteiger partial charge is 0.381 e. The van der Waals surface area contributed by atoms with Crippen LogP contribution in [0.4, 0.5) is 5.82 Å². The SMILES string of the molecule is CN(C)C(=O)Cn1cc(Br)c(N)n1. The van der Waals surface area contributed by atoms with Gasteiger partial charge in [0, 0.05) is 20.3 Å². The van der Waals surface area contributed by atoms with Crippen molar-refractivity contribution in [1.82, 2.24) is 14.7 Å². The van der Waals surface area contributed by atoms with Gasteiger partial charge in [0.25, 0.3) is 0 Å². The lowest BCUT2D eigenvalue weighted by Crippen LogP contribution is -2.26. The van der Waals surface area contributed by atoms with Crippen LogP contribution in [0.5, 0.6) is 0 Å². The molecule has 6 heteroatoms. The lowest BCUT2D eigenvalue weighted by atomic mass is 10.5. The molecule has 0 aliphatic carbocycles. The maximum atomic E-state index is 11.2. The van der Waals surface area contributed by atoms with Gasteiger partial charge >= 0.3 is 0 Å². The number of nitrogen functional groups attached to an aromatic ring is 1. The van der Waals surface area contributed by atoms with E-state index in [1.807, 2.05) is 0 Å². The number of halogens is 1. The number of carbonyl (C=O) groups is 1. The molecule has 2 N–H and O–H groups in total. The van der Waals surface area contributed by atoms with Crippen LogP contribution in [0.3, 0.4) is 0 Å². The van der Waals surface area contributed by atoms with Gasteiger partial charge in [-0.1, -0.05) is 0 Å². The van der Waals surface area contributed by atoms with E-state index in [-0.39, 0.29) is 12.5 Å². The van der Waals surface area contributed by atoms with Crippen molar-refractivity contribution in [3.05, 3.63) is 10.7 Å². The number of hydrogen-bond donors (Lipinski definition) is 1. The standard InChI is InChI=1S/C7H11BrN4O/c1-11(2)6(13)4-12-3-5(8)7(9)10-12/h3H,4H2,1-2H3,(H2,9,10). The molecule has 1 rings (SSSR count). The summed E-state index contributed by atoms with van der Waals surface area (Å²) in [6.07, 6.45) is 1.68. The minimum Gasteiger partial charge on any atom is -0.381 e. The van der Waals surface area contributed by atoms with Crippen LogP contribution in [0.15, 0.2) is 10.7 Å². The molecule has 0 saturated heterocycles. The van der Waals surface area contributed by atoms with E-state index in [0.29, 0.717) is 10.3 Å². The van der Waals surface area contributed by atoms with E-state index in [4.69, 9.17) is 5.73 Å². The van der Waals surface area contributed by atoms with Crippen LogP contribution in [0, 0.1) is 0 Å². The van der Waals surface area contributed by atoms with Gasteiger partial charge in [-0.3, -0.25) is 9.48 Å². The van der Waals surface area contributed by atoms with E-state index in [2.05, 4.69) is 21.0 Å². The van der Waals surface area contributed by atoms with Gasteiger partial charge in [0.15, 0.2) is 5.82 Å². The number of likely N-dealkylation sites (N-methyl/N-ethyl adjacent to an activating group) is 1. The Bertz CT molecular complexity index is 301. The van der Waals surface area contributed by atoms with Crippen LogP contribution in [0.1, 0.15) is 0 Å². The highest BCUT2D eigenvalue weighted by atomic mass is 79.9. The van der Waals surface area contributed by atoms with E-state index < -0.39 is 0 Å². The molecular formula is C7H11BrN4O. The Balaban J connectivity index is 2.70. The molecule has 0 radical (unpaired) electrons. The molecule has 0 aromatic carbocycles. The number of amides is 1. The van der Waals surface area contributed by atoms with Crippen molar-refractivity contribution in [2.75, 3.05) is 19.8 Å². The van der Waals surface area contributed by atoms with E-state index in [0.717, 1.165) is 0 Å². The summed E-state index contributed by atoms with van der Waals surface area (Å²) < 4.78 is 2.21. The quantitative estimate of drug-likeness (QED) is 0.818. The number of rotatable bonds is 2. The highest BCUT2D eigenvalue weighted by Crippen LogP contribution is 2.15. The summed E-state index contributed by atoms with van der Waals surface area (Å²) in [5, 5.41) is 3.93. The Morgan fingerprint density at radius 1 is 1.77 bits per heavy atom. The predicted octanol–water partition coefficient (Wildman–Crippen LogP) is 0.316. The zero-order valence-electron chi connectivity index (χ0n) is 7.49. The monoisotopic (exact) mass is 246 g/mol. The smallest absolute Gasteiger partial charge is 0.243 e. The first-order valence-corrected chi connectivity index (χ1v) is 4.48. The summed E-state index contributed by atoms with van der Waals surface area (Å²) in [5.74, 6) is 0.376. The van der Waals surface area contributed by atoms with Crippen molar-refractivity contribution in [2.45, 2.75) is 6.54 Å². The second kappa shape index (κ2) is 3.78. The van der Waals surface area contributed by atoms with Gasteiger partial charge in [-0.2, -0.15) is 5.10 Å². The second-order valence-corrected chi connectivity index (χ2v) is 3.70. The topological polar surface area (TPSA) is 64.2 Å². The van der Waals surface area contributed by atoms with Crippen LogP contribution in [0.2, 0.25) is 0 Å². The Morgan fingerprint density at radius 2 is 2.38 bits per heavy atom. The van der Waals surface area contributed by atoms with Gasteiger partial charge in [0.05, 0.1) is 4.47 Å². The van der Waals surface area contributed by atoms with E-state index >= 15 is 0 Å². The van der Waals surface area contributed by atoms with E-state index in [1.54, 1.807) is 20.3 Å². The second-order valence-electron chi connectivity index (χ2n) is 2.85. The average Bonchev–Trinajstić information content (AvgIpc) is 2.31. The Hall–Kier alpha value is -1.04. The van der Waals surface area contributed by atoms with E-state index in [9.17, 15) is 4.79 Å². The fourth-order valence-electron chi connectivity index (χ4n) is 0.773. The molecule has 1 aromatic heterocycles. The number of nitrogens with zero attached hydrogens (tertiary/aromatic N) is 3. The van der Waals surface area contributed by atoms with Crippen molar-refractivity contribution < 1.29 is 4.79 Å². The lowest BCUT2D eigenvalue weighted by molar-refractivity contribution is -0.129. The van der Waals surface area contributed by atoms with Crippen molar-refractivity contribution in [3.8, 4) is 0 Å².